The molecule has 0 saturated carbocycles. The summed E-state index contributed by atoms with van der Waals surface area (Å²) in [4.78, 5) is 0. The molecule has 4 aromatic rings. The number of ether oxygens (including phenoxy) is 7. The summed E-state index contributed by atoms with van der Waals surface area (Å²) in [5.41, 5.74) is 3.20. The Morgan fingerprint density at radius 2 is 1.61 bits per heavy atom. The number of piperidine rings is 1. The van der Waals surface area contributed by atoms with Crippen molar-refractivity contribution in [3.63, 3.8) is 0 Å². The highest BCUT2D eigenvalue weighted by Crippen LogP contribution is 2.33. The van der Waals surface area contributed by atoms with Gasteiger partial charge in [0, 0.05) is 38.1 Å². The van der Waals surface area contributed by atoms with Gasteiger partial charge in [0.2, 0.25) is 0 Å². The monoisotopic (exact) mass is 599 g/mol. The lowest BCUT2D eigenvalue weighted by Crippen LogP contribution is -2.50. The minimum Gasteiger partial charge on any atom is -0.496 e. The fraction of sp³-hybridized carbons (Fsp3) is 0.389. The van der Waals surface area contributed by atoms with Crippen molar-refractivity contribution in [2.45, 2.75) is 37.8 Å². The summed E-state index contributed by atoms with van der Waals surface area (Å²) in [5, 5.41) is 5.42. The van der Waals surface area contributed by atoms with Crippen LogP contribution in [0.2, 0.25) is 0 Å². The van der Waals surface area contributed by atoms with Crippen LogP contribution >= 0.6 is 0 Å². The van der Waals surface area contributed by atoms with Gasteiger partial charge in [0.05, 0.1) is 58.2 Å². The van der Waals surface area contributed by atoms with Gasteiger partial charge in [-0.1, -0.05) is 42.5 Å². The number of rotatable bonds is 16. The van der Waals surface area contributed by atoms with Crippen LogP contribution in [0.15, 0.2) is 72.8 Å². The fourth-order valence-corrected chi connectivity index (χ4v) is 5.57. The lowest BCUT2D eigenvalue weighted by molar-refractivity contribution is -0.113. The van der Waals surface area contributed by atoms with E-state index >= 15 is 0 Å². The van der Waals surface area contributed by atoms with Crippen molar-refractivity contribution in [2.24, 2.45) is 0 Å². The molecule has 232 valence electrons. The molecule has 1 heterocycles. The van der Waals surface area contributed by atoms with Crippen LogP contribution in [-0.2, 0) is 32.2 Å². The minimum atomic E-state index is -0.116. The number of para-hydroxylation sites is 1. The Labute approximate surface area is 260 Å². The normalized spacial score (nSPS) is 18.1. The number of hydrogen-bond acceptors (Lipinski definition) is 8. The van der Waals surface area contributed by atoms with E-state index in [1.807, 2.05) is 54.6 Å². The van der Waals surface area contributed by atoms with Gasteiger partial charge in [-0.15, -0.1) is 0 Å². The Hall–Kier alpha value is -3.84. The molecule has 1 aliphatic heterocycles. The molecule has 8 heteroatoms. The highest BCUT2D eigenvalue weighted by atomic mass is 16.7. The van der Waals surface area contributed by atoms with Crippen molar-refractivity contribution in [1.82, 2.24) is 5.32 Å². The number of hydrogen-bond donors (Lipinski definition) is 1. The molecule has 3 atom stereocenters. The third-order valence-electron chi connectivity index (χ3n) is 7.73. The highest BCUT2D eigenvalue weighted by molar-refractivity contribution is 5.87. The van der Waals surface area contributed by atoms with Crippen molar-refractivity contribution in [2.75, 3.05) is 54.4 Å². The van der Waals surface area contributed by atoms with Crippen LogP contribution in [0.1, 0.15) is 29.0 Å². The van der Waals surface area contributed by atoms with Gasteiger partial charge in [-0.2, -0.15) is 0 Å². The molecule has 0 aliphatic carbocycles. The van der Waals surface area contributed by atoms with Gasteiger partial charge in [0.15, 0.2) is 0 Å². The largest absolute Gasteiger partial charge is 0.496 e. The molecule has 0 bridgehead atoms. The Morgan fingerprint density at radius 1 is 0.818 bits per heavy atom. The first kappa shape index (κ1) is 31.6. The van der Waals surface area contributed by atoms with E-state index in [9.17, 15) is 0 Å². The molecule has 0 unspecified atom stereocenters. The summed E-state index contributed by atoms with van der Waals surface area (Å²) in [5.74, 6) is 2.42. The Balaban J connectivity index is 1.18. The molecular formula is C36H41NO7. The predicted octanol–water partition coefficient (Wildman–Crippen LogP) is 5.70. The van der Waals surface area contributed by atoms with Crippen LogP contribution in [-0.4, -0.2) is 66.6 Å². The van der Waals surface area contributed by atoms with Gasteiger partial charge in [-0.25, -0.2) is 0 Å². The predicted molar refractivity (Wildman–Crippen MR) is 168 cm³/mol. The smallest absolute Gasteiger partial charge is 0.146 e. The van der Waals surface area contributed by atoms with Crippen molar-refractivity contribution in [1.29, 1.82) is 0 Å². The van der Waals surface area contributed by atoms with Crippen LogP contribution < -0.4 is 19.5 Å². The second-order valence-electron chi connectivity index (χ2n) is 10.6. The third-order valence-corrected chi connectivity index (χ3v) is 7.73. The Morgan fingerprint density at radius 3 is 2.41 bits per heavy atom. The topological polar surface area (TPSA) is 76.6 Å². The van der Waals surface area contributed by atoms with Crippen LogP contribution in [0.3, 0.4) is 0 Å². The standard InChI is InChI=1S/C36H41NO7/c1-38-25-44-35-22-37-21-34(43-23-26-19-28-9-4-6-11-31(28)33(20-26)40-3)36(35)27-13-15-30(16-14-27)42-18-8-17-41-24-29-10-5-7-12-32(29)39-2/h4-5,7,9-10,12-16,19-20,34-37H,8,17-18,21-25H2,1-3H3/t34-,35+,36+/m0/s1. The molecule has 0 spiro atoms. The van der Waals surface area contributed by atoms with E-state index < -0.39 is 0 Å². The molecule has 1 saturated heterocycles. The van der Waals surface area contributed by atoms with Gasteiger partial charge in [0.25, 0.3) is 0 Å². The van der Waals surface area contributed by atoms with Gasteiger partial charge in [-0.3, -0.25) is 0 Å². The molecule has 4 aromatic carbocycles. The maximum atomic E-state index is 6.56. The number of benzene rings is 3. The molecule has 0 aromatic heterocycles. The maximum absolute atomic E-state index is 6.56. The average Bonchev–Trinajstić information content (AvgIpc) is 3.08. The number of fused-ring (bicyclic) bond motifs is 1. The second-order valence-corrected chi connectivity index (χ2v) is 10.6. The number of nitrogens with one attached hydrogen (secondary N) is 1. The molecule has 0 amide bonds. The second kappa shape index (κ2) is 16.3. The van der Waals surface area contributed by atoms with Crippen LogP contribution in [0.4, 0.5) is 0 Å². The summed E-state index contributed by atoms with van der Waals surface area (Å²) >= 11 is 0. The van der Waals surface area contributed by atoms with Gasteiger partial charge in [0.1, 0.15) is 24.0 Å². The van der Waals surface area contributed by atoms with E-state index in [4.69, 9.17) is 33.2 Å². The third kappa shape index (κ3) is 8.20. The maximum Gasteiger partial charge on any atom is 0.146 e. The zero-order valence-electron chi connectivity index (χ0n) is 25.7. The first-order chi connectivity index (χ1) is 21.7. The molecular weight excluding hydrogens is 558 g/mol. The molecule has 1 N–H and O–H groups in total. The van der Waals surface area contributed by atoms with E-state index in [-0.39, 0.29) is 24.9 Å². The van der Waals surface area contributed by atoms with E-state index in [0.717, 1.165) is 51.1 Å². The summed E-state index contributed by atoms with van der Waals surface area (Å²) in [7, 11) is 4.98. The molecule has 0 radical (unpaired) electrons. The quantitative estimate of drug-likeness (QED) is 0.130. The average molecular weight is 600 g/mol. The lowest BCUT2D eigenvalue weighted by atomic mass is 9.85. The van der Waals surface area contributed by atoms with Crippen LogP contribution in [0, 0.1) is 12.1 Å². The fourth-order valence-electron chi connectivity index (χ4n) is 5.57. The van der Waals surface area contributed by atoms with Crippen LogP contribution in [0.5, 0.6) is 17.2 Å². The van der Waals surface area contributed by atoms with Crippen LogP contribution in [0.25, 0.3) is 10.8 Å². The van der Waals surface area contributed by atoms with Crippen molar-refractivity contribution in [3.8, 4) is 17.2 Å². The SMILES string of the molecule is COCO[C@@H]1CNC[C@H](OCc2cc(OC)c3c#cccc3c2)[C@H]1c1ccc(OCCCOCc2ccccc2OC)cc1. The summed E-state index contributed by atoms with van der Waals surface area (Å²) < 4.78 is 40.8. The number of methoxy groups -OCH3 is 3. The zero-order chi connectivity index (χ0) is 30.6. The Kier molecular flexibility index (Phi) is 11.7. The van der Waals surface area contributed by atoms with E-state index in [1.165, 1.54) is 0 Å². The summed E-state index contributed by atoms with van der Waals surface area (Å²) in [6, 6.07) is 30.3. The van der Waals surface area contributed by atoms with Gasteiger partial charge in [-0.05, 0) is 59.0 Å². The molecule has 1 fully saturated rings. The lowest BCUT2D eigenvalue weighted by Gasteiger charge is -2.38. The first-order valence-corrected chi connectivity index (χ1v) is 14.9. The van der Waals surface area contributed by atoms with E-state index in [1.54, 1.807) is 21.3 Å². The Bertz CT molecular complexity index is 1440. The van der Waals surface area contributed by atoms with E-state index in [0.29, 0.717) is 39.5 Å². The van der Waals surface area contributed by atoms with Gasteiger partial charge >= 0.3 is 0 Å². The molecule has 44 heavy (non-hydrogen) atoms. The molecule has 5 rings (SSSR count). The summed E-state index contributed by atoms with van der Waals surface area (Å²) in [6.07, 6.45) is 0.552. The van der Waals surface area contributed by atoms with Crippen molar-refractivity contribution in [3.05, 3.63) is 102 Å². The van der Waals surface area contributed by atoms with Crippen molar-refractivity contribution >= 4 is 10.8 Å². The van der Waals surface area contributed by atoms with Gasteiger partial charge < -0.3 is 38.5 Å². The first-order valence-electron chi connectivity index (χ1n) is 14.9. The molecule has 1 aliphatic rings. The molecule has 8 nitrogen and oxygen atoms in total. The van der Waals surface area contributed by atoms with E-state index in [2.05, 4.69) is 35.6 Å². The highest BCUT2D eigenvalue weighted by Gasteiger charge is 2.36. The zero-order valence-corrected chi connectivity index (χ0v) is 25.7. The minimum absolute atomic E-state index is 0.00844. The summed E-state index contributed by atoms with van der Waals surface area (Å²) in [6.45, 7) is 3.74. The van der Waals surface area contributed by atoms with Crippen molar-refractivity contribution < 1.29 is 33.2 Å².